The maximum Gasteiger partial charge on any atom is 0.270 e. The Balaban J connectivity index is 2.28. The molecule has 0 amide bonds. The van der Waals surface area contributed by atoms with Gasteiger partial charge in [-0.15, -0.1) is 0 Å². The quantitative estimate of drug-likeness (QED) is 0.591. The topological polar surface area (TPSA) is 48.1 Å². The Labute approximate surface area is 106 Å². The van der Waals surface area contributed by atoms with E-state index in [0.29, 0.717) is 5.92 Å². The number of benzene rings is 1. The van der Waals surface area contributed by atoms with Crippen LogP contribution < -0.4 is 0 Å². The summed E-state index contributed by atoms with van der Waals surface area (Å²) in [5.74, 6) is 0.626. The molecule has 0 N–H and O–H groups in total. The van der Waals surface area contributed by atoms with Gasteiger partial charge in [-0.1, -0.05) is 20.3 Å². The van der Waals surface area contributed by atoms with E-state index in [0.717, 1.165) is 17.4 Å². The van der Waals surface area contributed by atoms with Crippen molar-refractivity contribution in [3.63, 3.8) is 0 Å². The molecule has 2 aromatic rings. The van der Waals surface area contributed by atoms with Crippen LogP contribution in [0.25, 0.3) is 10.9 Å². The molecule has 1 atom stereocenters. The lowest BCUT2D eigenvalue weighted by atomic mass is 10.1. The van der Waals surface area contributed by atoms with E-state index in [1.54, 1.807) is 12.1 Å². The third kappa shape index (κ3) is 2.53. The third-order valence-electron chi connectivity index (χ3n) is 3.26. The van der Waals surface area contributed by atoms with Crippen molar-refractivity contribution in [2.24, 2.45) is 5.92 Å². The van der Waals surface area contributed by atoms with Crippen LogP contribution in [0.5, 0.6) is 0 Å². The van der Waals surface area contributed by atoms with Gasteiger partial charge >= 0.3 is 0 Å². The zero-order chi connectivity index (χ0) is 13.1. The van der Waals surface area contributed by atoms with Crippen LogP contribution in [0.3, 0.4) is 0 Å². The lowest BCUT2D eigenvalue weighted by Gasteiger charge is -2.12. The fourth-order valence-corrected chi connectivity index (χ4v) is 2.38. The van der Waals surface area contributed by atoms with Crippen LogP contribution in [0.4, 0.5) is 5.69 Å². The molecule has 0 bridgehead atoms. The third-order valence-corrected chi connectivity index (χ3v) is 3.26. The minimum Gasteiger partial charge on any atom is -0.347 e. The molecule has 18 heavy (non-hydrogen) atoms. The molecule has 0 aliphatic carbocycles. The van der Waals surface area contributed by atoms with Crippen LogP contribution >= 0.6 is 0 Å². The van der Waals surface area contributed by atoms with E-state index in [1.807, 2.05) is 18.3 Å². The molecule has 0 saturated carbocycles. The molecule has 0 aliphatic heterocycles. The number of fused-ring (bicyclic) bond motifs is 1. The Morgan fingerprint density at radius 3 is 2.83 bits per heavy atom. The standard InChI is InChI=1S/C14H18N2O2/c1-3-4-11(2)10-15-8-7-12-9-13(16(17)18)5-6-14(12)15/h5-9,11H,3-4,10H2,1-2H3. The molecule has 0 saturated heterocycles. The summed E-state index contributed by atoms with van der Waals surface area (Å²) < 4.78 is 2.18. The molecule has 0 aliphatic rings. The fourth-order valence-electron chi connectivity index (χ4n) is 2.38. The zero-order valence-electron chi connectivity index (χ0n) is 10.8. The molecule has 2 rings (SSSR count). The number of nitro benzene ring substituents is 1. The number of hydrogen-bond donors (Lipinski definition) is 0. The SMILES string of the molecule is CCCC(C)Cn1ccc2cc([N+](=O)[O-])ccc21. The van der Waals surface area contributed by atoms with Gasteiger partial charge in [0.05, 0.1) is 4.92 Å². The number of nitro groups is 1. The van der Waals surface area contributed by atoms with Crippen molar-refractivity contribution < 1.29 is 4.92 Å². The summed E-state index contributed by atoms with van der Waals surface area (Å²) >= 11 is 0. The molecular formula is C14H18N2O2. The summed E-state index contributed by atoms with van der Waals surface area (Å²) in [5, 5.41) is 11.7. The Bertz CT molecular complexity index is 560. The normalized spacial score (nSPS) is 12.8. The summed E-state index contributed by atoms with van der Waals surface area (Å²) in [7, 11) is 0. The van der Waals surface area contributed by atoms with Crippen molar-refractivity contribution >= 4 is 16.6 Å². The molecule has 0 spiro atoms. The highest BCUT2D eigenvalue weighted by Gasteiger charge is 2.10. The second-order valence-electron chi connectivity index (χ2n) is 4.86. The molecule has 0 fully saturated rings. The first-order chi connectivity index (χ1) is 8.61. The minimum atomic E-state index is -0.351. The lowest BCUT2D eigenvalue weighted by Crippen LogP contribution is -2.06. The minimum absolute atomic E-state index is 0.154. The lowest BCUT2D eigenvalue weighted by molar-refractivity contribution is -0.384. The van der Waals surface area contributed by atoms with Gasteiger partial charge in [-0.05, 0) is 24.5 Å². The van der Waals surface area contributed by atoms with Gasteiger partial charge in [0.2, 0.25) is 0 Å². The van der Waals surface area contributed by atoms with E-state index in [-0.39, 0.29) is 10.6 Å². The van der Waals surface area contributed by atoms with E-state index in [2.05, 4.69) is 18.4 Å². The van der Waals surface area contributed by atoms with Crippen LogP contribution in [0, 0.1) is 16.0 Å². The van der Waals surface area contributed by atoms with Crippen molar-refractivity contribution in [3.8, 4) is 0 Å². The first kappa shape index (κ1) is 12.6. The average Bonchev–Trinajstić information content (AvgIpc) is 2.72. The Kier molecular flexibility index (Phi) is 3.65. The second-order valence-corrected chi connectivity index (χ2v) is 4.86. The smallest absolute Gasteiger partial charge is 0.270 e. The molecule has 1 aromatic carbocycles. The summed E-state index contributed by atoms with van der Waals surface area (Å²) in [6.07, 6.45) is 4.40. The largest absolute Gasteiger partial charge is 0.347 e. The molecule has 96 valence electrons. The molecule has 1 unspecified atom stereocenters. The van der Waals surface area contributed by atoms with Crippen LogP contribution in [-0.2, 0) is 6.54 Å². The highest BCUT2D eigenvalue weighted by Crippen LogP contribution is 2.23. The molecule has 1 aromatic heterocycles. The maximum absolute atomic E-state index is 10.7. The summed E-state index contributed by atoms with van der Waals surface area (Å²) in [6.45, 7) is 5.39. The number of hydrogen-bond acceptors (Lipinski definition) is 2. The van der Waals surface area contributed by atoms with Crippen LogP contribution in [0.15, 0.2) is 30.5 Å². The first-order valence-electron chi connectivity index (χ1n) is 6.35. The summed E-state index contributed by atoms with van der Waals surface area (Å²) in [6, 6.07) is 6.99. The Hall–Kier alpha value is -1.84. The van der Waals surface area contributed by atoms with E-state index in [1.165, 1.54) is 12.8 Å². The number of nitrogens with zero attached hydrogens (tertiary/aromatic N) is 2. The summed E-state index contributed by atoms with van der Waals surface area (Å²) in [4.78, 5) is 10.4. The van der Waals surface area contributed by atoms with Gasteiger partial charge in [0, 0.05) is 35.8 Å². The predicted molar refractivity (Wildman–Crippen MR) is 72.7 cm³/mol. The Morgan fingerprint density at radius 1 is 1.39 bits per heavy atom. The summed E-state index contributed by atoms with van der Waals surface area (Å²) in [5.41, 5.74) is 1.23. The van der Waals surface area contributed by atoms with Crippen molar-refractivity contribution in [1.29, 1.82) is 0 Å². The Morgan fingerprint density at radius 2 is 2.17 bits per heavy atom. The van der Waals surface area contributed by atoms with Crippen LogP contribution in [0.1, 0.15) is 26.7 Å². The number of non-ortho nitro benzene ring substituents is 1. The molecule has 4 nitrogen and oxygen atoms in total. The van der Waals surface area contributed by atoms with Gasteiger partial charge in [0.1, 0.15) is 0 Å². The van der Waals surface area contributed by atoms with Crippen molar-refractivity contribution in [1.82, 2.24) is 4.57 Å². The molecule has 0 radical (unpaired) electrons. The van der Waals surface area contributed by atoms with Gasteiger partial charge in [-0.25, -0.2) is 0 Å². The van der Waals surface area contributed by atoms with Crippen molar-refractivity contribution in [3.05, 3.63) is 40.6 Å². The van der Waals surface area contributed by atoms with Crippen molar-refractivity contribution in [2.45, 2.75) is 33.2 Å². The van der Waals surface area contributed by atoms with Crippen LogP contribution in [0.2, 0.25) is 0 Å². The monoisotopic (exact) mass is 246 g/mol. The average molecular weight is 246 g/mol. The van der Waals surface area contributed by atoms with E-state index >= 15 is 0 Å². The van der Waals surface area contributed by atoms with Crippen molar-refractivity contribution in [2.75, 3.05) is 0 Å². The predicted octanol–water partition coefficient (Wildman–Crippen LogP) is 3.99. The van der Waals surface area contributed by atoms with E-state index in [4.69, 9.17) is 0 Å². The van der Waals surface area contributed by atoms with E-state index in [9.17, 15) is 10.1 Å². The second kappa shape index (κ2) is 5.21. The van der Waals surface area contributed by atoms with Gasteiger partial charge < -0.3 is 4.57 Å². The maximum atomic E-state index is 10.7. The molecule has 4 heteroatoms. The van der Waals surface area contributed by atoms with Crippen LogP contribution in [-0.4, -0.2) is 9.49 Å². The number of rotatable bonds is 5. The van der Waals surface area contributed by atoms with Gasteiger partial charge in [-0.3, -0.25) is 10.1 Å². The highest BCUT2D eigenvalue weighted by atomic mass is 16.6. The van der Waals surface area contributed by atoms with Gasteiger partial charge in [0.15, 0.2) is 0 Å². The van der Waals surface area contributed by atoms with Gasteiger partial charge in [-0.2, -0.15) is 0 Å². The zero-order valence-corrected chi connectivity index (χ0v) is 10.8. The fraction of sp³-hybridized carbons (Fsp3) is 0.429. The number of aromatic nitrogens is 1. The first-order valence-corrected chi connectivity index (χ1v) is 6.35. The van der Waals surface area contributed by atoms with Gasteiger partial charge in [0.25, 0.3) is 5.69 Å². The van der Waals surface area contributed by atoms with E-state index < -0.39 is 0 Å². The molecular weight excluding hydrogens is 228 g/mol. The highest BCUT2D eigenvalue weighted by molar-refractivity contribution is 5.82. The molecule has 1 heterocycles.